The first-order valence-corrected chi connectivity index (χ1v) is 31.4. The van der Waals surface area contributed by atoms with Crippen LogP contribution in [0.4, 0.5) is 0 Å². The Kier molecular flexibility index (Phi) is 11.9. The number of hydrogen-bond donors (Lipinski definition) is 0. The number of imidazole rings is 1. The van der Waals surface area contributed by atoms with Gasteiger partial charge in [-0.25, -0.2) is 4.98 Å². The van der Waals surface area contributed by atoms with Crippen LogP contribution in [-0.4, -0.2) is 18.7 Å². The van der Waals surface area contributed by atoms with Crippen molar-refractivity contribution in [1.82, 2.24) is 18.7 Å². The monoisotopic (exact) mass is 1370 g/mol. The Hall–Kier alpha value is -9.09. The summed E-state index contributed by atoms with van der Waals surface area (Å²) in [6, 6.07) is 73.9. The van der Waals surface area contributed by atoms with E-state index in [-0.39, 0.29) is 59.4 Å². The van der Waals surface area contributed by atoms with Crippen LogP contribution in [0.1, 0.15) is 124 Å². The van der Waals surface area contributed by atoms with Gasteiger partial charge in [0.2, 0.25) is 0 Å². The van der Waals surface area contributed by atoms with Crippen molar-refractivity contribution in [2.45, 2.75) is 117 Å². The third kappa shape index (κ3) is 9.29. The van der Waals surface area contributed by atoms with E-state index in [9.17, 15) is 0 Å². The van der Waals surface area contributed by atoms with E-state index in [0.29, 0.717) is 28.3 Å². The molecule has 10 aromatic carbocycles. The third-order valence-corrected chi connectivity index (χ3v) is 19.5. The van der Waals surface area contributed by atoms with Crippen LogP contribution >= 0.6 is 0 Å². The summed E-state index contributed by atoms with van der Waals surface area (Å²) in [6.07, 6.45) is 7.94. The van der Waals surface area contributed by atoms with Crippen molar-refractivity contribution in [1.29, 1.82) is 0 Å². The number of hydrogen-bond acceptors (Lipinski definition) is 2. The summed E-state index contributed by atoms with van der Waals surface area (Å²) < 4.78 is 70.2. The summed E-state index contributed by atoms with van der Waals surface area (Å²) in [6.45, 7) is 17.6. The van der Waals surface area contributed by atoms with Gasteiger partial charge in [0.1, 0.15) is 5.82 Å². The van der Waals surface area contributed by atoms with Crippen LogP contribution in [0.2, 0.25) is 0 Å². The SMILES string of the molecule is [2H]C([2H])([2H])c1cccc(C([2H])([2H])[2H])c1-c1cc2c3c(c1)n(-c1[c-]c(Oc4[c-]c5c(cc4)c4ccccc4n5-c4cc(C(C)(C)C)ccn4)ccc1)[c-][n+]3-c1c(cc(C(C)(C)C)cc1-n1c3ccccc3c3ccccc31)-c1cc3c(cc1-c1ccccc1-2)C(C)(C)CCC3(C)C.[Pt]. The Balaban J connectivity index is 0.00000770. The fraction of sp³-hybridized carbons (Fsp3) is 0.214. The topological polar surface area (TPSA) is 40.8 Å². The predicted molar refractivity (Wildman–Crippen MR) is 372 cm³/mol. The minimum Gasteiger partial charge on any atom is -0.510 e. The minimum atomic E-state index is -2.69. The average molecular weight is 1370 g/mol. The molecule has 0 spiro atoms. The number of fused-ring (bicyclic) bond motifs is 14. The van der Waals surface area contributed by atoms with Crippen LogP contribution in [0.15, 0.2) is 200 Å². The van der Waals surface area contributed by atoms with Crippen LogP contribution in [-0.2, 0) is 42.7 Å². The van der Waals surface area contributed by atoms with Crippen LogP contribution in [0.3, 0.4) is 0 Å². The van der Waals surface area contributed by atoms with Gasteiger partial charge in [0.25, 0.3) is 6.33 Å². The molecular formula is C84H73N5OPt-2. The molecule has 1 aliphatic carbocycles. The van der Waals surface area contributed by atoms with Gasteiger partial charge in [0.05, 0.1) is 33.4 Å². The molecule has 16 rings (SSSR count). The molecule has 6 nitrogen and oxygen atoms in total. The first-order chi connectivity index (χ1) is 45.6. The van der Waals surface area contributed by atoms with Crippen molar-refractivity contribution >= 4 is 54.6 Å². The molecule has 91 heavy (non-hydrogen) atoms. The second-order valence-corrected chi connectivity index (χ2v) is 28.3. The summed E-state index contributed by atoms with van der Waals surface area (Å²) in [5, 5.41) is 4.31. The van der Waals surface area contributed by atoms with E-state index >= 15 is 0 Å². The Labute approximate surface area is 557 Å². The standard InChI is InChI=1S/C84H73N5O.Pt/c1-51-23-21-24-52(2)78(51)53-41-67-60-28-14-13-27-59(60)65-48-69-70(84(11,12)39-38-83(69,9)10)49-66(65)68-43-55(82(6,7)8)44-76(88-71-32-18-15-29-61(71)62-30-16-19-33-72(62)88)80(68)87-50-86(75(42-53)79(67)87)56-25-22-26-57(46-56)90-58-35-36-64-63-31-17-20-34-73(63)89(74(64)47-58)77-45-54(37-40-85-77)81(3,4)5;/h13-37,40-45,48-49H,38-39H2,1-12H3;/q-2;/i1D3,2D3;. The molecule has 5 heterocycles. The zero-order valence-corrected chi connectivity index (χ0v) is 55.2. The summed E-state index contributed by atoms with van der Waals surface area (Å²) in [5.74, 6) is 1.66. The fourth-order valence-electron chi connectivity index (χ4n) is 14.6. The van der Waals surface area contributed by atoms with Crippen LogP contribution in [0.5, 0.6) is 11.5 Å². The number of rotatable bonds is 6. The fourth-order valence-corrected chi connectivity index (χ4v) is 14.6. The van der Waals surface area contributed by atoms with Crippen LogP contribution in [0.25, 0.3) is 122 Å². The zero-order valence-electron chi connectivity index (χ0n) is 58.9. The number of benzene rings is 10. The van der Waals surface area contributed by atoms with Gasteiger partial charge in [-0.3, -0.25) is 4.57 Å². The van der Waals surface area contributed by atoms with Crippen molar-refractivity contribution in [3.8, 4) is 78.9 Å². The Morgan fingerprint density at radius 3 is 1.71 bits per heavy atom. The second kappa shape index (κ2) is 21.0. The van der Waals surface area contributed by atoms with E-state index in [1.807, 2.05) is 53.2 Å². The van der Waals surface area contributed by atoms with E-state index in [1.54, 1.807) is 18.2 Å². The van der Waals surface area contributed by atoms with Crippen LogP contribution in [0, 0.1) is 32.2 Å². The predicted octanol–water partition coefficient (Wildman–Crippen LogP) is 21.2. The number of nitrogens with zero attached hydrogens (tertiary/aromatic N) is 5. The number of aryl methyl sites for hydroxylation is 2. The maximum absolute atomic E-state index is 9.07. The van der Waals surface area contributed by atoms with Crippen LogP contribution < -0.4 is 9.30 Å². The molecule has 0 fully saturated rings. The van der Waals surface area contributed by atoms with E-state index in [4.69, 9.17) is 17.9 Å². The van der Waals surface area contributed by atoms with E-state index < -0.39 is 13.7 Å². The molecule has 2 aliphatic rings. The molecule has 452 valence electrons. The summed E-state index contributed by atoms with van der Waals surface area (Å²) >= 11 is 0. The van der Waals surface area contributed by atoms with Gasteiger partial charge in [-0.1, -0.05) is 190 Å². The van der Waals surface area contributed by atoms with Gasteiger partial charge in [0.15, 0.2) is 0 Å². The van der Waals surface area contributed by atoms with E-state index in [0.717, 1.165) is 124 Å². The maximum atomic E-state index is 9.07. The Morgan fingerprint density at radius 2 is 1.08 bits per heavy atom. The molecular weight excluding hydrogens is 1290 g/mol. The largest absolute Gasteiger partial charge is 0.510 e. The van der Waals surface area contributed by atoms with Crippen molar-refractivity contribution in [3.05, 3.63) is 252 Å². The third-order valence-electron chi connectivity index (χ3n) is 19.5. The Morgan fingerprint density at radius 1 is 0.505 bits per heavy atom. The van der Waals surface area contributed by atoms with Gasteiger partial charge in [0, 0.05) is 63.3 Å². The molecule has 0 saturated carbocycles. The normalized spacial score (nSPS) is 15.4. The molecule has 0 atom stereocenters. The van der Waals surface area contributed by atoms with Crippen molar-refractivity contribution in [2.24, 2.45) is 0 Å². The molecule has 0 saturated heterocycles. The molecule has 4 aromatic heterocycles. The number of pyridine rings is 1. The first-order valence-electron chi connectivity index (χ1n) is 34.4. The van der Waals surface area contributed by atoms with Gasteiger partial charge < -0.3 is 18.4 Å². The average Bonchev–Trinajstić information content (AvgIpc) is 1.59. The number of ether oxygens (including phenoxy) is 1. The smallest absolute Gasteiger partial charge is 0.268 e. The molecule has 1 aliphatic heterocycles. The van der Waals surface area contributed by atoms with Gasteiger partial charge in [-0.05, 0) is 186 Å². The van der Waals surface area contributed by atoms with Gasteiger partial charge >= 0.3 is 0 Å². The van der Waals surface area contributed by atoms with Gasteiger partial charge in [-0.2, -0.15) is 18.2 Å². The molecule has 14 aromatic rings. The molecule has 7 heteroatoms. The summed E-state index contributed by atoms with van der Waals surface area (Å²) in [7, 11) is 0. The van der Waals surface area contributed by atoms with E-state index in [1.165, 1.54) is 11.1 Å². The maximum Gasteiger partial charge on any atom is 0.268 e. The van der Waals surface area contributed by atoms with Gasteiger partial charge in [-0.15, -0.1) is 29.7 Å². The Bertz CT molecular complexity index is 5510. The minimum absolute atomic E-state index is 0. The second-order valence-electron chi connectivity index (χ2n) is 28.3. The molecule has 0 N–H and O–H groups in total. The molecule has 0 unspecified atom stereocenters. The van der Waals surface area contributed by atoms with E-state index in [2.05, 4.69) is 235 Å². The summed E-state index contributed by atoms with van der Waals surface area (Å²) in [5.41, 5.74) is 18.0. The van der Waals surface area contributed by atoms with Crippen molar-refractivity contribution in [2.75, 3.05) is 0 Å². The van der Waals surface area contributed by atoms with Crippen molar-refractivity contribution in [3.63, 3.8) is 0 Å². The van der Waals surface area contributed by atoms with Crippen molar-refractivity contribution < 1.29 is 38.6 Å². The number of aromatic nitrogens is 5. The first kappa shape index (κ1) is 51.6. The zero-order chi connectivity index (χ0) is 66.9. The number of para-hydroxylation sites is 3. The summed E-state index contributed by atoms with van der Waals surface area (Å²) in [4.78, 5) is 4.93. The molecule has 0 radical (unpaired) electrons. The molecule has 0 bridgehead atoms. The quantitative estimate of drug-likeness (QED) is 0.123. The molecule has 0 amide bonds.